The highest BCUT2D eigenvalue weighted by molar-refractivity contribution is 5.60. The van der Waals surface area contributed by atoms with Crippen molar-refractivity contribution in [3.63, 3.8) is 0 Å². The number of methoxy groups -OCH3 is 1. The average Bonchev–Trinajstić information content (AvgIpc) is 2.52. The van der Waals surface area contributed by atoms with Crippen LogP contribution in [0.4, 0.5) is 5.69 Å². The maximum atomic E-state index is 7.12. The van der Waals surface area contributed by atoms with Gasteiger partial charge >= 0.3 is 0 Å². The molecule has 0 saturated carbocycles. The maximum absolute atomic E-state index is 7.12. The molecule has 3 heteroatoms. The fraction of sp³-hybridized carbons (Fsp3) is 0.118. The van der Waals surface area contributed by atoms with Gasteiger partial charge in [-0.3, -0.25) is 0 Å². The van der Waals surface area contributed by atoms with E-state index in [1.165, 1.54) is 0 Å². The van der Waals surface area contributed by atoms with Crippen molar-refractivity contribution in [2.75, 3.05) is 13.7 Å². The van der Waals surface area contributed by atoms with Gasteiger partial charge in [-0.15, -0.1) is 0 Å². The van der Waals surface area contributed by atoms with E-state index in [1.54, 1.807) is 25.3 Å². The van der Waals surface area contributed by atoms with E-state index >= 15 is 0 Å². The third kappa shape index (κ3) is 3.54. The third-order valence-corrected chi connectivity index (χ3v) is 2.59. The van der Waals surface area contributed by atoms with Crippen LogP contribution < -0.4 is 9.47 Å². The molecule has 2 rings (SSSR count). The zero-order valence-electron chi connectivity index (χ0n) is 11.1. The van der Waals surface area contributed by atoms with Crippen LogP contribution in [0, 0.1) is 18.4 Å². The van der Waals surface area contributed by atoms with Crippen LogP contribution in [0.15, 0.2) is 48.5 Å². The Morgan fingerprint density at radius 3 is 2.65 bits per heavy atom. The van der Waals surface area contributed by atoms with Crippen molar-refractivity contribution in [1.29, 1.82) is 0 Å². The normalized spacial score (nSPS) is 9.00. The van der Waals surface area contributed by atoms with Gasteiger partial charge in [-0.1, -0.05) is 30.0 Å². The molecule has 0 spiro atoms. The molecule has 0 atom stereocenters. The predicted molar refractivity (Wildman–Crippen MR) is 78.1 cm³/mol. The second kappa shape index (κ2) is 6.87. The summed E-state index contributed by atoms with van der Waals surface area (Å²) in [4.78, 5) is 3.41. The lowest BCUT2D eigenvalue weighted by Gasteiger charge is -2.06. The summed E-state index contributed by atoms with van der Waals surface area (Å²) in [5, 5.41) is 0. The molecule has 0 aliphatic rings. The van der Waals surface area contributed by atoms with Gasteiger partial charge in [0.2, 0.25) is 5.69 Å². The summed E-state index contributed by atoms with van der Waals surface area (Å²) in [6.07, 6.45) is 0. The van der Waals surface area contributed by atoms with Crippen LogP contribution in [0.5, 0.6) is 11.5 Å². The molecule has 2 aromatic rings. The molecule has 0 bridgehead atoms. The lowest BCUT2D eigenvalue weighted by Crippen LogP contribution is -1.94. The van der Waals surface area contributed by atoms with Crippen molar-refractivity contribution >= 4 is 5.69 Å². The SMILES string of the molecule is [C-]#[N+]c1cc(OC)ccc1OCC#Cc1ccccc1. The molecule has 0 heterocycles. The fourth-order valence-corrected chi connectivity index (χ4v) is 1.61. The number of benzene rings is 2. The van der Waals surface area contributed by atoms with Crippen molar-refractivity contribution in [2.24, 2.45) is 0 Å². The molecule has 0 amide bonds. The minimum Gasteiger partial charge on any atom is -0.498 e. The number of rotatable bonds is 3. The summed E-state index contributed by atoms with van der Waals surface area (Å²) in [5.74, 6) is 7.08. The van der Waals surface area contributed by atoms with Gasteiger partial charge in [-0.2, -0.15) is 0 Å². The maximum Gasteiger partial charge on any atom is 0.231 e. The van der Waals surface area contributed by atoms with Crippen LogP contribution in [0.25, 0.3) is 4.85 Å². The van der Waals surface area contributed by atoms with Crippen LogP contribution in [0.1, 0.15) is 5.56 Å². The van der Waals surface area contributed by atoms with E-state index in [0.29, 0.717) is 17.2 Å². The quantitative estimate of drug-likeness (QED) is 0.623. The minimum absolute atomic E-state index is 0.240. The standard InChI is InChI=1S/C17H13NO2/c1-18-16-13-15(19-2)10-11-17(16)20-12-6-9-14-7-4-3-5-8-14/h3-5,7-8,10-11,13H,12H2,2H3. The number of hydrogen-bond donors (Lipinski definition) is 0. The first kappa shape index (κ1) is 13.5. The minimum atomic E-state index is 0.240. The lowest BCUT2D eigenvalue weighted by molar-refractivity contribution is 0.370. The van der Waals surface area contributed by atoms with Gasteiger partial charge in [-0.25, -0.2) is 4.85 Å². The van der Waals surface area contributed by atoms with Gasteiger partial charge in [-0.05, 0) is 30.3 Å². The van der Waals surface area contributed by atoms with Gasteiger partial charge < -0.3 is 9.47 Å². The molecule has 0 radical (unpaired) electrons. The van der Waals surface area contributed by atoms with E-state index in [-0.39, 0.29) is 6.61 Å². The summed E-state index contributed by atoms with van der Waals surface area (Å²) in [7, 11) is 1.56. The molecule has 0 N–H and O–H groups in total. The van der Waals surface area contributed by atoms with Crippen molar-refractivity contribution in [3.05, 3.63) is 65.5 Å². The van der Waals surface area contributed by atoms with Crippen molar-refractivity contribution in [3.8, 4) is 23.3 Å². The number of nitrogens with zero attached hydrogens (tertiary/aromatic N) is 1. The Labute approximate surface area is 118 Å². The summed E-state index contributed by atoms with van der Waals surface area (Å²) in [6, 6.07) is 14.8. The summed E-state index contributed by atoms with van der Waals surface area (Å²) >= 11 is 0. The highest BCUT2D eigenvalue weighted by Gasteiger charge is 2.04. The van der Waals surface area contributed by atoms with Crippen molar-refractivity contribution < 1.29 is 9.47 Å². The molecule has 0 fully saturated rings. The van der Waals surface area contributed by atoms with E-state index in [9.17, 15) is 0 Å². The molecule has 98 valence electrons. The smallest absolute Gasteiger partial charge is 0.231 e. The van der Waals surface area contributed by atoms with Crippen LogP contribution in [0.3, 0.4) is 0 Å². The van der Waals surface area contributed by atoms with E-state index in [1.807, 2.05) is 30.3 Å². The molecular weight excluding hydrogens is 250 g/mol. The molecule has 0 aliphatic carbocycles. The topological polar surface area (TPSA) is 22.8 Å². The first-order valence-corrected chi connectivity index (χ1v) is 6.05. The van der Waals surface area contributed by atoms with Gasteiger partial charge in [0, 0.05) is 5.56 Å². The van der Waals surface area contributed by atoms with Crippen LogP contribution >= 0.6 is 0 Å². The Kier molecular flexibility index (Phi) is 4.65. The first-order valence-electron chi connectivity index (χ1n) is 6.05. The van der Waals surface area contributed by atoms with Crippen molar-refractivity contribution in [2.45, 2.75) is 0 Å². The van der Waals surface area contributed by atoms with Crippen molar-refractivity contribution in [1.82, 2.24) is 0 Å². The van der Waals surface area contributed by atoms with E-state index in [4.69, 9.17) is 16.0 Å². The summed E-state index contributed by atoms with van der Waals surface area (Å²) < 4.78 is 10.6. The van der Waals surface area contributed by atoms with Crippen LogP contribution in [-0.4, -0.2) is 13.7 Å². The van der Waals surface area contributed by atoms with Crippen LogP contribution in [-0.2, 0) is 0 Å². The summed E-state index contributed by atoms with van der Waals surface area (Å²) in [6.45, 7) is 7.36. The molecule has 0 saturated heterocycles. The van der Waals surface area contributed by atoms with Gasteiger partial charge in [0.25, 0.3) is 0 Å². The third-order valence-electron chi connectivity index (χ3n) is 2.59. The van der Waals surface area contributed by atoms with Gasteiger partial charge in [0.15, 0.2) is 0 Å². The number of ether oxygens (including phenoxy) is 2. The van der Waals surface area contributed by atoms with Crippen LogP contribution in [0.2, 0.25) is 0 Å². The molecule has 20 heavy (non-hydrogen) atoms. The van der Waals surface area contributed by atoms with E-state index in [0.717, 1.165) is 5.56 Å². The zero-order valence-corrected chi connectivity index (χ0v) is 11.1. The Hall–Kier alpha value is -2.91. The van der Waals surface area contributed by atoms with Gasteiger partial charge in [0.1, 0.15) is 18.1 Å². The Balaban J connectivity index is 2.02. The second-order valence-electron chi connectivity index (χ2n) is 3.90. The molecule has 0 aromatic heterocycles. The predicted octanol–water partition coefficient (Wildman–Crippen LogP) is 3.68. The Bertz CT molecular complexity index is 676. The Morgan fingerprint density at radius 2 is 1.95 bits per heavy atom. The number of hydrogen-bond acceptors (Lipinski definition) is 2. The molecular formula is C17H13NO2. The molecule has 0 aliphatic heterocycles. The lowest BCUT2D eigenvalue weighted by atomic mass is 10.2. The van der Waals surface area contributed by atoms with Gasteiger partial charge in [0.05, 0.1) is 13.7 Å². The van der Waals surface area contributed by atoms with E-state index in [2.05, 4.69) is 16.7 Å². The monoisotopic (exact) mass is 263 g/mol. The zero-order chi connectivity index (χ0) is 14.2. The molecule has 2 aromatic carbocycles. The molecule has 3 nitrogen and oxygen atoms in total. The highest BCUT2D eigenvalue weighted by atomic mass is 16.5. The largest absolute Gasteiger partial charge is 0.498 e. The summed E-state index contributed by atoms with van der Waals surface area (Å²) in [5.41, 5.74) is 1.36. The highest BCUT2D eigenvalue weighted by Crippen LogP contribution is 2.31. The molecule has 0 unspecified atom stereocenters. The first-order chi connectivity index (χ1) is 9.83. The van der Waals surface area contributed by atoms with E-state index < -0.39 is 0 Å². The fourth-order valence-electron chi connectivity index (χ4n) is 1.61. The Morgan fingerprint density at radius 1 is 1.15 bits per heavy atom. The second-order valence-corrected chi connectivity index (χ2v) is 3.90. The average molecular weight is 263 g/mol.